The van der Waals surface area contributed by atoms with Crippen molar-refractivity contribution in [3.05, 3.63) is 81.4 Å². The standard InChI is InChI=1S/C30H37FN6O2/c1-8-18(3)27-24-13-21(20-10-11-26(32-15-20)36(6)7)14-25(37(24)17-34-27)29(39)33-16-22-23(30(5,31)9-2)12-19(4)35-28(22)38/h10-15,17-18H,8-9,16H2,1-7H3,(H,33,39)(H,35,38)/t18?,30-/m0/s1. The number of amides is 1. The summed E-state index contributed by atoms with van der Waals surface area (Å²) in [6.07, 6.45) is 4.54. The Bertz CT molecular complexity index is 1550. The highest BCUT2D eigenvalue weighted by Crippen LogP contribution is 2.31. The minimum Gasteiger partial charge on any atom is -0.363 e. The third-order valence-electron chi connectivity index (χ3n) is 7.45. The van der Waals surface area contributed by atoms with Gasteiger partial charge in [-0.3, -0.25) is 14.0 Å². The van der Waals surface area contributed by atoms with Crippen molar-refractivity contribution in [1.29, 1.82) is 0 Å². The van der Waals surface area contributed by atoms with Gasteiger partial charge < -0.3 is 15.2 Å². The number of aryl methyl sites for hydroxylation is 1. The molecule has 4 heterocycles. The lowest BCUT2D eigenvalue weighted by atomic mass is 9.91. The molecule has 0 aliphatic rings. The van der Waals surface area contributed by atoms with Crippen LogP contribution in [0.25, 0.3) is 16.6 Å². The number of nitrogens with zero attached hydrogens (tertiary/aromatic N) is 4. The molecule has 0 spiro atoms. The lowest BCUT2D eigenvalue weighted by molar-refractivity contribution is 0.0943. The highest BCUT2D eigenvalue weighted by atomic mass is 19.1. The van der Waals surface area contributed by atoms with E-state index in [-0.39, 0.29) is 24.4 Å². The number of nitrogens with one attached hydrogen (secondary N) is 2. The van der Waals surface area contributed by atoms with Crippen molar-refractivity contribution in [1.82, 2.24) is 24.7 Å². The molecule has 0 saturated heterocycles. The molecule has 1 unspecified atom stereocenters. The number of fused-ring (bicyclic) bond motifs is 1. The summed E-state index contributed by atoms with van der Waals surface area (Å²) in [5, 5.41) is 2.86. The van der Waals surface area contributed by atoms with Gasteiger partial charge >= 0.3 is 0 Å². The summed E-state index contributed by atoms with van der Waals surface area (Å²) < 4.78 is 17.1. The Hall–Kier alpha value is -4.01. The van der Waals surface area contributed by atoms with E-state index in [1.54, 1.807) is 42.9 Å². The summed E-state index contributed by atoms with van der Waals surface area (Å²) in [6, 6.07) is 9.36. The number of aromatic amines is 1. The smallest absolute Gasteiger partial charge is 0.268 e. The van der Waals surface area contributed by atoms with E-state index in [9.17, 15) is 9.59 Å². The predicted octanol–water partition coefficient (Wildman–Crippen LogP) is 5.50. The van der Waals surface area contributed by atoms with Crippen LogP contribution in [0.3, 0.4) is 0 Å². The summed E-state index contributed by atoms with van der Waals surface area (Å²) in [7, 11) is 3.86. The van der Waals surface area contributed by atoms with Gasteiger partial charge in [-0.05, 0) is 62.6 Å². The number of imidazole rings is 1. The Labute approximate surface area is 228 Å². The molecular weight excluding hydrogens is 495 g/mol. The van der Waals surface area contributed by atoms with Crippen LogP contribution in [0.4, 0.5) is 10.2 Å². The zero-order valence-corrected chi connectivity index (χ0v) is 23.7. The first-order chi connectivity index (χ1) is 18.5. The Kier molecular flexibility index (Phi) is 7.90. The molecule has 206 valence electrons. The van der Waals surface area contributed by atoms with Crippen LogP contribution >= 0.6 is 0 Å². The number of rotatable bonds is 9. The van der Waals surface area contributed by atoms with Crippen molar-refractivity contribution in [3.8, 4) is 11.1 Å². The zero-order chi connectivity index (χ0) is 28.5. The third kappa shape index (κ3) is 5.57. The third-order valence-corrected chi connectivity index (χ3v) is 7.45. The van der Waals surface area contributed by atoms with Crippen LogP contribution in [0, 0.1) is 6.92 Å². The monoisotopic (exact) mass is 532 g/mol. The molecule has 4 aromatic heterocycles. The van der Waals surface area contributed by atoms with E-state index < -0.39 is 17.1 Å². The Morgan fingerprint density at radius 2 is 1.92 bits per heavy atom. The average Bonchev–Trinajstić information content (AvgIpc) is 3.35. The van der Waals surface area contributed by atoms with Gasteiger partial charge in [-0.15, -0.1) is 0 Å². The molecule has 1 amide bonds. The quantitative estimate of drug-likeness (QED) is 0.297. The summed E-state index contributed by atoms with van der Waals surface area (Å²) in [5.41, 5.74) is 2.75. The van der Waals surface area contributed by atoms with E-state index in [2.05, 4.69) is 34.1 Å². The largest absolute Gasteiger partial charge is 0.363 e. The van der Waals surface area contributed by atoms with Gasteiger partial charge in [0, 0.05) is 55.1 Å². The second-order valence-electron chi connectivity index (χ2n) is 10.5. The van der Waals surface area contributed by atoms with Crippen molar-refractivity contribution in [2.24, 2.45) is 0 Å². The molecule has 4 rings (SSSR count). The first kappa shape index (κ1) is 28.0. The lowest BCUT2D eigenvalue weighted by Gasteiger charge is -2.22. The molecule has 0 aliphatic heterocycles. The number of H-pyrrole nitrogens is 1. The van der Waals surface area contributed by atoms with Gasteiger partial charge in [-0.25, -0.2) is 14.4 Å². The summed E-state index contributed by atoms with van der Waals surface area (Å²) in [6.45, 7) is 9.00. The topological polar surface area (TPSA) is 95.4 Å². The van der Waals surface area contributed by atoms with Crippen molar-refractivity contribution in [2.75, 3.05) is 19.0 Å². The molecule has 0 bridgehead atoms. The van der Waals surface area contributed by atoms with Gasteiger partial charge in [-0.2, -0.15) is 0 Å². The second-order valence-corrected chi connectivity index (χ2v) is 10.5. The second kappa shape index (κ2) is 11.0. The summed E-state index contributed by atoms with van der Waals surface area (Å²) >= 11 is 0. The summed E-state index contributed by atoms with van der Waals surface area (Å²) in [4.78, 5) is 40.3. The van der Waals surface area contributed by atoms with E-state index >= 15 is 4.39 Å². The summed E-state index contributed by atoms with van der Waals surface area (Å²) in [5.74, 6) is 0.629. The number of carbonyl (C=O) groups excluding carboxylic acids is 1. The number of halogens is 1. The fourth-order valence-electron chi connectivity index (χ4n) is 4.66. The lowest BCUT2D eigenvalue weighted by Crippen LogP contribution is -2.32. The maximum Gasteiger partial charge on any atom is 0.268 e. The van der Waals surface area contributed by atoms with E-state index in [1.807, 2.05) is 37.2 Å². The number of alkyl halides is 1. The van der Waals surface area contributed by atoms with E-state index in [0.29, 0.717) is 17.0 Å². The number of carbonyl (C=O) groups is 1. The van der Waals surface area contributed by atoms with Crippen LogP contribution < -0.4 is 15.8 Å². The van der Waals surface area contributed by atoms with Crippen LogP contribution in [0.1, 0.15) is 79.5 Å². The minimum atomic E-state index is -1.70. The van der Waals surface area contributed by atoms with E-state index in [4.69, 9.17) is 0 Å². The van der Waals surface area contributed by atoms with Crippen LogP contribution in [0.2, 0.25) is 0 Å². The van der Waals surface area contributed by atoms with Crippen molar-refractivity contribution in [2.45, 2.75) is 65.6 Å². The Balaban J connectivity index is 1.77. The zero-order valence-electron chi connectivity index (χ0n) is 23.7. The highest BCUT2D eigenvalue weighted by molar-refractivity contribution is 5.95. The molecule has 0 fully saturated rings. The molecule has 9 heteroatoms. The molecule has 0 aliphatic carbocycles. The molecule has 2 N–H and O–H groups in total. The first-order valence-corrected chi connectivity index (χ1v) is 13.3. The SMILES string of the molecule is CCC(C)c1ncn2c(C(=O)NCc3c([C@@](C)(F)CC)cc(C)[nH]c3=O)cc(-c3ccc(N(C)C)nc3)cc12. The van der Waals surface area contributed by atoms with E-state index in [1.165, 1.54) is 6.92 Å². The minimum absolute atomic E-state index is 0.110. The average molecular weight is 533 g/mol. The van der Waals surface area contributed by atoms with Crippen LogP contribution in [0.15, 0.2) is 47.7 Å². The fourth-order valence-corrected chi connectivity index (χ4v) is 4.66. The van der Waals surface area contributed by atoms with Gasteiger partial charge in [-0.1, -0.05) is 20.8 Å². The molecule has 0 aromatic carbocycles. The Morgan fingerprint density at radius 1 is 1.18 bits per heavy atom. The van der Waals surface area contributed by atoms with Gasteiger partial charge in [0.1, 0.15) is 23.5 Å². The van der Waals surface area contributed by atoms with Crippen molar-refractivity contribution < 1.29 is 9.18 Å². The molecular formula is C30H37FN6O2. The van der Waals surface area contributed by atoms with Gasteiger partial charge in [0.05, 0.1) is 11.2 Å². The van der Waals surface area contributed by atoms with Crippen LogP contribution in [-0.2, 0) is 12.2 Å². The van der Waals surface area contributed by atoms with Crippen molar-refractivity contribution in [3.63, 3.8) is 0 Å². The van der Waals surface area contributed by atoms with Gasteiger partial charge in [0.2, 0.25) is 0 Å². The van der Waals surface area contributed by atoms with Crippen LogP contribution in [-0.4, -0.2) is 39.4 Å². The molecule has 0 radical (unpaired) electrons. The fraction of sp³-hybridized carbons (Fsp3) is 0.400. The van der Waals surface area contributed by atoms with Gasteiger partial charge in [0.25, 0.3) is 11.5 Å². The predicted molar refractivity (Wildman–Crippen MR) is 153 cm³/mol. The first-order valence-electron chi connectivity index (χ1n) is 13.3. The molecule has 2 atom stereocenters. The number of hydrogen-bond acceptors (Lipinski definition) is 5. The number of hydrogen-bond donors (Lipinski definition) is 2. The van der Waals surface area contributed by atoms with E-state index in [0.717, 1.165) is 34.6 Å². The molecule has 39 heavy (non-hydrogen) atoms. The highest BCUT2D eigenvalue weighted by Gasteiger charge is 2.29. The number of aromatic nitrogens is 4. The van der Waals surface area contributed by atoms with Gasteiger partial charge in [0.15, 0.2) is 0 Å². The number of pyridine rings is 3. The maximum atomic E-state index is 15.4. The molecule has 0 saturated carbocycles. The Morgan fingerprint density at radius 3 is 2.54 bits per heavy atom. The normalized spacial score (nSPS) is 13.7. The molecule has 4 aromatic rings. The van der Waals surface area contributed by atoms with Crippen LogP contribution in [0.5, 0.6) is 0 Å². The maximum absolute atomic E-state index is 15.4. The molecule has 8 nitrogen and oxygen atoms in total. The number of anilines is 1. The van der Waals surface area contributed by atoms with Crippen molar-refractivity contribution >= 4 is 17.2 Å².